The number of aromatic amines is 1. The number of aromatic nitrogens is 2. The molecule has 1 aromatic carbocycles. The molecule has 0 amide bonds. The Kier molecular flexibility index (Phi) is 3.39. The second-order valence-electron chi connectivity index (χ2n) is 6.15. The lowest BCUT2D eigenvalue weighted by Crippen LogP contribution is -2.21. The molecule has 4 rings (SSSR count). The maximum absolute atomic E-state index is 14.0. The van der Waals surface area contributed by atoms with Crippen molar-refractivity contribution >= 4 is 22.6 Å². The number of rotatable bonds is 2. The molecule has 0 atom stereocenters. The zero-order chi connectivity index (χ0) is 16.0. The minimum Gasteiger partial charge on any atom is -0.385 e. The summed E-state index contributed by atoms with van der Waals surface area (Å²) >= 11 is 6.44. The van der Waals surface area contributed by atoms with Gasteiger partial charge in [0.25, 0.3) is 0 Å². The first kappa shape index (κ1) is 14.7. The summed E-state index contributed by atoms with van der Waals surface area (Å²) in [6, 6.07) is 7.32. The van der Waals surface area contributed by atoms with Gasteiger partial charge in [-0.25, -0.2) is 9.37 Å². The van der Waals surface area contributed by atoms with Crippen molar-refractivity contribution in [2.45, 2.75) is 31.3 Å². The molecule has 2 N–H and O–H groups in total. The third kappa shape index (κ3) is 2.33. The number of hydrogen-bond donors (Lipinski definition) is 2. The number of hydrogen-bond acceptors (Lipinski definition) is 2. The van der Waals surface area contributed by atoms with Gasteiger partial charge in [0.15, 0.2) is 5.82 Å². The number of pyridine rings is 1. The third-order valence-corrected chi connectivity index (χ3v) is 5.05. The smallest absolute Gasteiger partial charge is 0.150 e. The van der Waals surface area contributed by atoms with Crippen molar-refractivity contribution in [3.8, 4) is 11.1 Å². The molecule has 1 aliphatic carbocycles. The average molecular weight is 331 g/mol. The minimum absolute atomic E-state index is 0.335. The summed E-state index contributed by atoms with van der Waals surface area (Å²) in [5.41, 5.74) is 1.99. The Morgan fingerprint density at radius 1 is 1.22 bits per heavy atom. The van der Waals surface area contributed by atoms with Crippen LogP contribution in [0.4, 0.5) is 4.39 Å². The van der Waals surface area contributed by atoms with Crippen molar-refractivity contribution in [1.82, 2.24) is 9.97 Å². The molecule has 2 heterocycles. The summed E-state index contributed by atoms with van der Waals surface area (Å²) in [4.78, 5) is 6.95. The average Bonchev–Trinajstić information content (AvgIpc) is 3.14. The summed E-state index contributed by atoms with van der Waals surface area (Å²) in [5, 5.41) is 11.7. The topological polar surface area (TPSA) is 48.9 Å². The molecule has 118 valence electrons. The van der Waals surface area contributed by atoms with E-state index in [0.29, 0.717) is 16.1 Å². The van der Waals surface area contributed by atoms with Crippen LogP contribution in [0.25, 0.3) is 22.2 Å². The fourth-order valence-corrected chi connectivity index (χ4v) is 3.90. The molecule has 1 aliphatic rings. The van der Waals surface area contributed by atoms with E-state index in [1.54, 1.807) is 18.3 Å². The van der Waals surface area contributed by atoms with Crippen LogP contribution in [0.5, 0.6) is 0 Å². The molecule has 3 nitrogen and oxygen atoms in total. The molecule has 0 aliphatic heterocycles. The molecule has 5 heteroatoms. The highest BCUT2D eigenvalue weighted by Crippen LogP contribution is 2.43. The Labute approximate surface area is 138 Å². The van der Waals surface area contributed by atoms with Crippen LogP contribution in [0.3, 0.4) is 0 Å². The van der Waals surface area contributed by atoms with Crippen LogP contribution in [0, 0.1) is 5.82 Å². The Morgan fingerprint density at radius 2 is 2.00 bits per heavy atom. The van der Waals surface area contributed by atoms with Crippen molar-refractivity contribution in [3.05, 3.63) is 53.1 Å². The molecule has 1 fully saturated rings. The van der Waals surface area contributed by atoms with E-state index in [0.717, 1.165) is 42.4 Å². The largest absolute Gasteiger partial charge is 0.385 e. The summed E-state index contributed by atoms with van der Waals surface area (Å²) in [5.74, 6) is -0.335. The van der Waals surface area contributed by atoms with Gasteiger partial charge in [0.05, 0.1) is 11.0 Å². The second kappa shape index (κ2) is 5.32. The molecule has 3 aromatic rings. The van der Waals surface area contributed by atoms with Gasteiger partial charge in [-0.05, 0) is 36.1 Å². The van der Waals surface area contributed by atoms with Gasteiger partial charge in [0.2, 0.25) is 0 Å². The first-order chi connectivity index (χ1) is 11.1. The predicted octanol–water partition coefficient (Wildman–Crippen LogP) is 4.78. The van der Waals surface area contributed by atoms with Crippen LogP contribution in [-0.4, -0.2) is 15.1 Å². The first-order valence-corrected chi connectivity index (χ1v) is 8.11. The van der Waals surface area contributed by atoms with Crippen LogP contribution >= 0.6 is 11.6 Å². The van der Waals surface area contributed by atoms with Gasteiger partial charge in [-0.1, -0.05) is 36.6 Å². The maximum atomic E-state index is 14.0. The van der Waals surface area contributed by atoms with Gasteiger partial charge >= 0.3 is 0 Å². The minimum atomic E-state index is -0.831. The Bertz CT molecular complexity index is 884. The number of benzene rings is 1. The lowest BCUT2D eigenvalue weighted by Gasteiger charge is -2.24. The lowest BCUT2D eigenvalue weighted by molar-refractivity contribution is 0.0446. The van der Waals surface area contributed by atoms with Crippen molar-refractivity contribution in [2.75, 3.05) is 0 Å². The Balaban J connectivity index is 1.84. The predicted molar refractivity (Wildman–Crippen MR) is 88.9 cm³/mol. The Morgan fingerprint density at radius 3 is 2.74 bits per heavy atom. The monoisotopic (exact) mass is 330 g/mol. The zero-order valence-corrected chi connectivity index (χ0v) is 13.2. The molecule has 0 radical (unpaired) electrons. The molecule has 2 aromatic heterocycles. The van der Waals surface area contributed by atoms with E-state index in [2.05, 4.69) is 9.97 Å². The van der Waals surface area contributed by atoms with Gasteiger partial charge in [0, 0.05) is 23.0 Å². The molecule has 0 saturated heterocycles. The molecule has 1 saturated carbocycles. The fraction of sp³-hybridized carbons (Fsp3) is 0.278. The molecule has 0 unspecified atom stereocenters. The number of H-pyrrole nitrogens is 1. The van der Waals surface area contributed by atoms with Crippen LogP contribution in [0.1, 0.15) is 31.2 Å². The fourth-order valence-electron chi connectivity index (χ4n) is 3.55. The summed E-state index contributed by atoms with van der Waals surface area (Å²) < 4.78 is 14.0. The Hall–Kier alpha value is -1.91. The van der Waals surface area contributed by atoms with E-state index in [4.69, 9.17) is 11.6 Å². The lowest BCUT2D eigenvalue weighted by atomic mass is 9.90. The number of fused-ring (bicyclic) bond motifs is 1. The number of aliphatic hydroxyl groups is 1. The van der Waals surface area contributed by atoms with E-state index in [9.17, 15) is 9.50 Å². The number of nitrogens with one attached hydrogen (secondary N) is 1. The van der Waals surface area contributed by atoms with Crippen LogP contribution in [0.2, 0.25) is 5.02 Å². The van der Waals surface area contributed by atoms with Crippen LogP contribution in [-0.2, 0) is 5.60 Å². The highest BCUT2D eigenvalue weighted by Gasteiger charge is 2.34. The maximum Gasteiger partial charge on any atom is 0.150 e. The summed E-state index contributed by atoms with van der Waals surface area (Å²) in [6.45, 7) is 0. The number of nitrogens with zero attached hydrogens (tertiary/aromatic N) is 1. The van der Waals surface area contributed by atoms with Crippen molar-refractivity contribution < 1.29 is 9.50 Å². The standard InChI is InChI=1S/C18H16ClFN2O/c19-14-9-11(3-4-13(14)18(23)6-1-2-7-18)12-5-8-21-17-16(12)15(20)10-22-17/h3-5,8-10,23H,1-2,6-7H2,(H,21,22). The van der Waals surface area contributed by atoms with Gasteiger partial charge in [0.1, 0.15) is 5.65 Å². The van der Waals surface area contributed by atoms with E-state index < -0.39 is 5.60 Å². The van der Waals surface area contributed by atoms with Gasteiger partial charge in [-0.15, -0.1) is 0 Å². The molecular weight excluding hydrogens is 315 g/mol. The highest BCUT2D eigenvalue weighted by molar-refractivity contribution is 6.31. The number of halogens is 2. The van der Waals surface area contributed by atoms with Crippen molar-refractivity contribution in [1.29, 1.82) is 0 Å². The first-order valence-electron chi connectivity index (χ1n) is 7.73. The van der Waals surface area contributed by atoms with Crippen molar-refractivity contribution in [3.63, 3.8) is 0 Å². The third-order valence-electron chi connectivity index (χ3n) is 4.74. The van der Waals surface area contributed by atoms with E-state index in [1.165, 1.54) is 6.20 Å². The molecule has 0 bridgehead atoms. The van der Waals surface area contributed by atoms with Crippen LogP contribution in [0.15, 0.2) is 36.7 Å². The zero-order valence-electron chi connectivity index (χ0n) is 12.4. The van der Waals surface area contributed by atoms with Gasteiger partial charge in [-0.3, -0.25) is 0 Å². The highest BCUT2D eigenvalue weighted by atomic mass is 35.5. The summed E-state index contributed by atoms with van der Waals surface area (Å²) in [7, 11) is 0. The normalized spacial score (nSPS) is 17.0. The molecular formula is C18H16ClFN2O. The van der Waals surface area contributed by atoms with Crippen molar-refractivity contribution in [2.24, 2.45) is 0 Å². The van der Waals surface area contributed by atoms with E-state index in [1.807, 2.05) is 12.1 Å². The van der Waals surface area contributed by atoms with E-state index >= 15 is 0 Å². The molecule has 23 heavy (non-hydrogen) atoms. The van der Waals surface area contributed by atoms with Crippen LogP contribution < -0.4 is 0 Å². The second-order valence-corrected chi connectivity index (χ2v) is 6.56. The van der Waals surface area contributed by atoms with E-state index in [-0.39, 0.29) is 5.82 Å². The van der Waals surface area contributed by atoms with Gasteiger partial charge < -0.3 is 10.1 Å². The SMILES string of the molecule is OC1(c2ccc(-c3ccnc4[nH]cc(F)c34)cc2Cl)CCCC1. The quantitative estimate of drug-likeness (QED) is 0.710. The van der Waals surface area contributed by atoms with Gasteiger partial charge in [-0.2, -0.15) is 0 Å². The molecule has 0 spiro atoms. The summed E-state index contributed by atoms with van der Waals surface area (Å²) in [6.07, 6.45) is 6.43.